The quantitative estimate of drug-likeness (QED) is 0.842. The second kappa shape index (κ2) is 6.28. The lowest BCUT2D eigenvalue weighted by Crippen LogP contribution is -2.38. The van der Waals surface area contributed by atoms with E-state index >= 15 is 0 Å². The lowest BCUT2D eigenvalue weighted by molar-refractivity contribution is -0.145. The predicted octanol–water partition coefficient (Wildman–Crippen LogP) is 1.12. The number of benzene rings is 1. The molecule has 4 nitrogen and oxygen atoms in total. The molecule has 1 heterocycles. The number of carbonyl (C=O) groups excluding carboxylic acids is 1. The molecule has 0 unspecified atom stereocenters. The summed E-state index contributed by atoms with van der Waals surface area (Å²) in [5.74, 6) is -2.14. The molecule has 1 aliphatic heterocycles. The maximum Gasteiger partial charge on any atom is 0.323 e. The molecular weight excluding hydrogens is 268 g/mol. The van der Waals surface area contributed by atoms with E-state index in [0.29, 0.717) is 31.5 Å². The van der Waals surface area contributed by atoms with E-state index in [2.05, 4.69) is 0 Å². The van der Waals surface area contributed by atoms with Crippen LogP contribution < -0.4 is 0 Å². The molecule has 110 valence electrons. The summed E-state index contributed by atoms with van der Waals surface area (Å²) in [6.07, 6.45) is 0.242. The van der Waals surface area contributed by atoms with Crippen molar-refractivity contribution in [3.8, 4) is 0 Å². The zero-order valence-corrected chi connectivity index (χ0v) is 11.2. The number of methoxy groups -OCH3 is 1. The van der Waals surface area contributed by atoms with Crippen LogP contribution in [0.2, 0.25) is 0 Å². The molecule has 0 amide bonds. The number of hydrogen-bond donors (Lipinski definition) is 1. The second-order valence-corrected chi connectivity index (χ2v) is 4.92. The van der Waals surface area contributed by atoms with Crippen LogP contribution in [0.4, 0.5) is 8.78 Å². The Morgan fingerprint density at radius 3 is 2.85 bits per heavy atom. The third kappa shape index (κ3) is 3.32. The molecule has 1 aromatic rings. The Bertz CT molecular complexity index is 495. The number of aliphatic hydroxyl groups excluding tert-OH is 1. The SMILES string of the molecule is COC(=O)[C@@H]1C[C@@H](O)CN1CCc1ccc(F)c(F)c1. The van der Waals surface area contributed by atoms with E-state index in [0.717, 1.165) is 12.1 Å². The van der Waals surface area contributed by atoms with Crippen LogP contribution in [0, 0.1) is 11.6 Å². The second-order valence-electron chi connectivity index (χ2n) is 4.92. The molecule has 1 saturated heterocycles. The number of halogens is 2. The van der Waals surface area contributed by atoms with Gasteiger partial charge in [0.1, 0.15) is 6.04 Å². The van der Waals surface area contributed by atoms with Gasteiger partial charge in [-0.05, 0) is 24.1 Å². The van der Waals surface area contributed by atoms with E-state index in [9.17, 15) is 18.7 Å². The standard InChI is InChI=1S/C14H17F2NO3/c1-20-14(19)13-7-10(18)8-17(13)5-4-9-2-3-11(15)12(16)6-9/h2-3,6,10,13,18H,4-5,7-8H2,1H3/t10-,13+/m1/s1. The van der Waals surface area contributed by atoms with Crippen molar-refractivity contribution >= 4 is 5.97 Å². The van der Waals surface area contributed by atoms with Gasteiger partial charge in [-0.25, -0.2) is 8.78 Å². The summed E-state index contributed by atoms with van der Waals surface area (Å²) in [6, 6.07) is 3.27. The number of rotatable bonds is 4. The molecule has 0 bridgehead atoms. The number of ether oxygens (including phenoxy) is 1. The molecular formula is C14H17F2NO3. The molecule has 0 radical (unpaired) electrons. The summed E-state index contributed by atoms with van der Waals surface area (Å²) in [5.41, 5.74) is 0.647. The van der Waals surface area contributed by atoms with Gasteiger partial charge in [0.15, 0.2) is 11.6 Å². The molecule has 0 saturated carbocycles. The third-order valence-corrected chi connectivity index (χ3v) is 3.53. The van der Waals surface area contributed by atoms with Crippen LogP contribution in [0.3, 0.4) is 0 Å². The number of nitrogens with zero attached hydrogens (tertiary/aromatic N) is 1. The molecule has 2 atom stereocenters. The normalized spacial score (nSPS) is 23.0. The zero-order valence-electron chi connectivity index (χ0n) is 11.2. The first kappa shape index (κ1) is 14.9. The lowest BCUT2D eigenvalue weighted by atomic mass is 10.1. The number of likely N-dealkylation sites (tertiary alicyclic amines) is 1. The minimum atomic E-state index is -0.881. The van der Waals surface area contributed by atoms with Crippen molar-refractivity contribution in [3.63, 3.8) is 0 Å². The number of β-amino-alcohol motifs (C(OH)–C–C–N with tert-alkyl or cyclic N) is 1. The van der Waals surface area contributed by atoms with E-state index in [-0.39, 0.29) is 5.97 Å². The molecule has 2 rings (SSSR count). The Morgan fingerprint density at radius 1 is 1.45 bits per heavy atom. The monoisotopic (exact) mass is 285 g/mol. The molecule has 0 spiro atoms. The highest BCUT2D eigenvalue weighted by Gasteiger charge is 2.36. The van der Waals surface area contributed by atoms with Gasteiger partial charge in [-0.15, -0.1) is 0 Å². The molecule has 1 aliphatic rings. The van der Waals surface area contributed by atoms with Gasteiger partial charge in [-0.1, -0.05) is 6.07 Å². The number of esters is 1. The Balaban J connectivity index is 1.98. The number of carbonyl (C=O) groups is 1. The van der Waals surface area contributed by atoms with Crippen molar-refractivity contribution in [2.45, 2.75) is 25.0 Å². The van der Waals surface area contributed by atoms with Crippen LogP contribution in [0.5, 0.6) is 0 Å². The van der Waals surface area contributed by atoms with Gasteiger partial charge in [0.25, 0.3) is 0 Å². The summed E-state index contributed by atoms with van der Waals surface area (Å²) >= 11 is 0. The van der Waals surface area contributed by atoms with Crippen LogP contribution in [0.1, 0.15) is 12.0 Å². The van der Waals surface area contributed by atoms with Gasteiger partial charge in [0.2, 0.25) is 0 Å². The fourth-order valence-corrected chi connectivity index (χ4v) is 2.48. The molecule has 0 aromatic heterocycles. The maximum absolute atomic E-state index is 13.1. The molecule has 1 N–H and O–H groups in total. The maximum atomic E-state index is 13.1. The van der Waals surface area contributed by atoms with Crippen LogP contribution in [0.15, 0.2) is 18.2 Å². The zero-order chi connectivity index (χ0) is 14.7. The van der Waals surface area contributed by atoms with Gasteiger partial charge in [0, 0.05) is 19.5 Å². The number of hydrogen-bond acceptors (Lipinski definition) is 4. The van der Waals surface area contributed by atoms with Crippen LogP contribution in [-0.4, -0.2) is 48.3 Å². The predicted molar refractivity (Wildman–Crippen MR) is 68.1 cm³/mol. The smallest absolute Gasteiger partial charge is 0.323 e. The average molecular weight is 285 g/mol. The Hall–Kier alpha value is -1.53. The molecule has 1 aromatic carbocycles. The fourth-order valence-electron chi connectivity index (χ4n) is 2.48. The fraction of sp³-hybridized carbons (Fsp3) is 0.500. The Morgan fingerprint density at radius 2 is 2.20 bits per heavy atom. The largest absolute Gasteiger partial charge is 0.468 e. The first-order valence-electron chi connectivity index (χ1n) is 6.45. The van der Waals surface area contributed by atoms with Gasteiger partial charge in [-0.2, -0.15) is 0 Å². The van der Waals surface area contributed by atoms with E-state index in [4.69, 9.17) is 4.74 Å². The average Bonchev–Trinajstić information content (AvgIpc) is 2.80. The van der Waals surface area contributed by atoms with Crippen LogP contribution in [0.25, 0.3) is 0 Å². The summed E-state index contributed by atoms with van der Waals surface area (Å²) in [6.45, 7) is 0.853. The molecule has 6 heteroatoms. The van der Waals surface area contributed by atoms with Gasteiger partial charge in [-0.3, -0.25) is 9.69 Å². The van der Waals surface area contributed by atoms with E-state index in [1.165, 1.54) is 13.2 Å². The molecule has 0 aliphatic carbocycles. The van der Waals surface area contributed by atoms with Crippen molar-refractivity contribution in [1.29, 1.82) is 0 Å². The van der Waals surface area contributed by atoms with Crippen molar-refractivity contribution in [2.75, 3.05) is 20.2 Å². The van der Waals surface area contributed by atoms with E-state index in [1.54, 1.807) is 4.90 Å². The molecule has 1 fully saturated rings. The van der Waals surface area contributed by atoms with E-state index < -0.39 is 23.8 Å². The van der Waals surface area contributed by atoms with Crippen molar-refractivity contribution < 1.29 is 23.4 Å². The Labute approximate surface area is 116 Å². The summed E-state index contributed by atoms with van der Waals surface area (Å²) in [5, 5.41) is 9.63. The van der Waals surface area contributed by atoms with Gasteiger partial charge >= 0.3 is 5.97 Å². The topological polar surface area (TPSA) is 49.8 Å². The minimum Gasteiger partial charge on any atom is -0.468 e. The van der Waals surface area contributed by atoms with E-state index in [1.807, 2.05) is 0 Å². The highest BCUT2D eigenvalue weighted by atomic mass is 19.2. The summed E-state index contributed by atoms with van der Waals surface area (Å²) in [4.78, 5) is 13.4. The first-order valence-corrected chi connectivity index (χ1v) is 6.45. The highest BCUT2D eigenvalue weighted by molar-refractivity contribution is 5.76. The van der Waals surface area contributed by atoms with Crippen molar-refractivity contribution in [2.24, 2.45) is 0 Å². The van der Waals surface area contributed by atoms with Gasteiger partial charge in [0.05, 0.1) is 13.2 Å². The summed E-state index contributed by atoms with van der Waals surface area (Å²) in [7, 11) is 1.31. The van der Waals surface area contributed by atoms with Gasteiger partial charge < -0.3 is 9.84 Å². The van der Waals surface area contributed by atoms with Crippen LogP contribution >= 0.6 is 0 Å². The van der Waals surface area contributed by atoms with Crippen molar-refractivity contribution in [1.82, 2.24) is 4.90 Å². The minimum absolute atomic E-state index is 0.338. The van der Waals surface area contributed by atoms with Crippen molar-refractivity contribution in [3.05, 3.63) is 35.4 Å². The third-order valence-electron chi connectivity index (χ3n) is 3.53. The lowest BCUT2D eigenvalue weighted by Gasteiger charge is -2.21. The summed E-state index contributed by atoms with van der Waals surface area (Å²) < 4.78 is 30.6. The van der Waals surface area contributed by atoms with Crippen LogP contribution in [-0.2, 0) is 16.0 Å². The number of aliphatic hydroxyl groups is 1. The Kier molecular flexibility index (Phi) is 4.67. The first-order chi connectivity index (χ1) is 9.51. The molecule has 20 heavy (non-hydrogen) atoms. The highest BCUT2D eigenvalue weighted by Crippen LogP contribution is 2.20.